The van der Waals surface area contributed by atoms with Gasteiger partial charge in [-0.2, -0.15) is 5.10 Å². The van der Waals surface area contributed by atoms with Crippen LogP contribution in [0, 0.1) is 0 Å². The van der Waals surface area contributed by atoms with Gasteiger partial charge in [-0.3, -0.25) is 9.59 Å². The Hall–Kier alpha value is -3.73. The van der Waals surface area contributed by atoms with Crippen molar-refractivity contribution in [3.05, 3.63) is 106 Å². The van der Waals surface area contributed by atoms with E-state index in [0.717, 1.165) is 18.4 Å². The second-order valence-electron chi connectivity index (χ2n) is 7.22. The zero-order valence-corrected chi connectivity index (χ0v) is 18.1. The second-order valence-corrected chi connectivity index (χ2v) is 7.22. The van der Waals surface area contributed by atoms with Crippen molar-refractivity contribution in [1.82, 2.24) is 9.99 Å². The van der Waals surface area contributed by atoms with E-state index < -0.39 is 0 Å². The number of benzene rings is 2. The molecule has 1 N–H and O–H groups in total. The van der Waals surface area contributed by atoms with E-state index in [1.807, 2.05) is 18.2 Å². The molecule has 0 spiro atoms. The summed E-state index contributed by atoms with van der Waals surface area (Å²) in [6.07, 6.45) is 5.00. The molecule has 3 aromatic rings. The summed E-state index contributed by atoms with van der Waals surface area (Å²) < 4.78 is 1.36. The summed E-state index contributed by atoms with van der Waals surface area (Å²) in [7, 11) is 1.60. The van der Waals surface area contributed by atoms with Crippen LogP contribution in [0.1, 0.15) is 53.7 Å². The normalized spacial score (nSPS) is 12.0. The molecule has 31 heavy (non-hydrogen) atoms. The van der Waals surface area contributed by atoms with Crippen LogP contribution in [-0.4, -0.2) is 16.7 Å². The Bertz CT molecular complexity index is 1160. The minimum atomic E-state index is -0.366. The minimum absolute atomic E-state index is 0.167. The van der Waals surface area contributed by atoms with Crippen molar-refractivity contribution in [1.29, 1.82) is 0 Å². The van der Waals surface area contributed by atoms with Crippen LogP contribution >= 0.6 is 0 Å². The van der Waals surface area contributed by atoms with E-state index in [1.54, 1.807) is 13.3 Å². The molecule has 0 fully saturated rings. The fourth-order valence-electron chi connectivity index (χ4n) is 3.55. The number of nitrogens with zero attached hydrogens (tertiary/aromatic N) is 2. The molecule has 0 aliphatic heterocycles. The second kappa shape index (κ2) is 10.3. The van der Waals surface area contributed by atoms with Gasteiger partial charge >= 0.3 is 0 Å². The lowest BCUT2D eigenvalue weighted by Crippen LogP contribution is -2.22. The van der Waals surface area contributed by atoms with Crippen LogP contribution in [0.15, 0.2) is 82.8 Å². The Balaban J connectivity index is 1.74. The number of aryl methyl sites for hydroxylation is 1. The molecule has 1 heterocycles. The number of hydrogen-bond donors (Lipinski definition) is 1. The molecule has 0 saturated heterocycles. The third-order valence-corrected chi connectivity index (χ3v) is 5.18. The number of allylic oxidation sites excluding steroid dienone is 2. The maximum atomic E-state index is 12.2. The summed E-state index contributed by atoms with van der Waals surface area (Å²) in [6, 6.07) is 21.5. The maximum absolute atomic E-state index is 12.2. The first kappa shape index (κ1) is 22.0. The standard InChI is InChI=1S/C26H27N3O2/c1-4-23(20-9-7-6-8-10-20)24(5-2)21-13-11-19(12-14-21)17-27-28-26(31)22-15-16-25(30)29(3)18-22/h6-18H,4-5H2,1-3H3,(H,28,31)/b24-23+,27-17+. The van der Waals surface area contributed by atoms with Gasteiger partial charge in [0.2, 0.25) is 5.56 Å². The Morgan fingerprint density at radius 1 is 0.871 bits per heavy atom. The van der Waals surface area contributed by atoms with E-state index in [0.29, 0.717) is 5.56 Å². The molecule has 0 bridgehead atoms. The SMILES string of the molecule is CC/C(=C(/CC)c1ccc(/C=N/NC(=O)c2ccc(=O)n(C)c2)cc1)c1ccccc1. The van der Waals surface area contributed by atoms with Gasteiger partial charge in [0.25, 0.3) is 5.91 Å². The molecule has 0 unspecified atom stereocenters. The summed E-state index contributed by atoms with van der Waals surface area (Å²) in [4.78, 5) is 23.6. The van der Waals surface area contributed by atoms with Gasteiger partial charge in [0.15, 0.2) is 0 Å². The number of nitrogens with one attached hydrogen (secondary N) is 1. The highest BCUT2D eigenvalue weighted by Crippen LogP contribution is 2.31. The quantitative estimate of drug-likeness (QED) is 0.341. The third-order valence-electron chi connectivity index (χ3n) is 5.18. The van der Waals surface area contributed by atoms with Crippen LogP contribution in [0.25, 0.3) is 11.1 Å². The summed E-state index contributed by atoms with van der Waals surface area (Å²) in [5.41, 5.74) is 8.73. The maximum Gasteiger partial charge on any atom is 0.272 e. The third kappa shape index (κ3) is 5.45. The zero-order chi connectivity index (χ0) is 22.2. The van der Waals surface area contributed by atoms with Crippen molar-refractivity contribution >= 4 is 23.3 Å². The molecule has 0 radical (unpaired) electrons. The Morgan fingerprint density at radius 3 is 2.03 bits per heavy atom. The number of hydrazone groups is 1. The molecular formula is C26H27N3O2. The number of pyridine rings is 1. The molecule has 5 heteroatoms. The van der Waals surface area contributed by atoms with Crippen molar-refractivity contribution in [3.63, 3.8) is 0 Å². The minimum Gasteiger partial charge on any atom is -0.318 e. The van der Waals surface area contributed by atoms with E-state index in [-0.39, 0.29) is 11.5 Å². The molecular weight excluding hydrogens is 386 g/mol. The molecule has 158 valence electrons. The zero-order valence-electron chi connectivity index (χ0n) is 18.1. The number of carbonyl (C=O) groups excluding carboxylic acids is 1. The first-order valence-electron chi connectivity index (χ1n) is 10.4. The molecule has 3 rings (SSSR count). The summed E-state index contributed by atoms with van der Waals surface area (Å²) in [5.74, 6) is -0.366. The van der Waals surface area contributed by atoms with Crippen LogP contribution in [0.2, 0.25) is 0 Å². The average molecular weight is 414 g/mol. The average Bonchev–Trinajstić information content (AvgIpc) is 2.80. The predicted molar refractivity (Wildman–Crippen MR) is 127 cm³/mol. The summed E-state index contributed by atoms with van der Waals surface area (Å²) >= 11 is 0. The fraction of sp³-hybridized carbons (Fsp3) is 0.192. The number of carbonyl (C=O) groups is 1. The number of amides is 1. The highest BCUT2D eigenvalue weighted by atomic mass is 16.2. The molecule has 1 aromatic heterocycles. The highest BCUT2D eigenvalue weighted by molar-refractivity contribution is 5.95. The largest absolute Gasteiger partial charge is 0.318 e. The molecule has 2 aromatic carbocycles. The van der Waals surface area contributed by atoms with Crippen LogP contribution in [-0.2, 0) is 7.05 Å². The van der Waals surface area contributed by atoms with Crippen LogP contribution in [0.4, 0.5) is 0 Å². The van der Waals surface area contributed by atoms with E-state index >= 15 is 0 Å². The van der Waals surface area contributed by atoms with Gasteiger partial charge in [0.1, 0.15) is 0 Å². The smallest absolute Gasteiger partial charge is 0.272 e. The van der Waals surface area contributed by atoms with Gasteiger partial charge in [-0.1, -0.05) is 68.4 Å². The lowest BCUT2D eigenvalue weighted by Gasteiger charge is -2.14. The molecule has 0 aliphatic rings. The van der Waals surface area contributed by atoms with Gasteiger partial charge in [-0.25, -0.2) is 5.43 Å². The number of aromatic nitrogens is 1. The van der Waals surface area contributed by atoms with E-state index in [1.165, 1.54) is 45.2 Å². The lowest BCUT2D eigenvalue weighted by molar-refractivity contribution is 0.0954. The first-order valence-corrected chi connectivity index (χ1v) is 10.4. The monoisotopic (exact) mass is 413 g/mol. The van der Waals surface area contributed by atoms with Gasteiger partial charge < -0.3 is 4.57 Å². The number of hydrogen-bond acceptors (Lipinski definition) is 3. The van der Waals surface area contributed by atoms with E-state index in [4.69, 9.17) is 0 Å². The molecule has 0 saturated carbocycles. The highest BCUT2D eigenvalue weighted by Gasteiger charge is 2.09. The Morgan fingerprint density at radius 2 is 1.45 bits per heavy atom. The van der Waals surface area contributed by atoms with Crippen LogP contribution in [0.3, 0.4) is 0 Å². The van der Waals surface area contributed by atoms with Crippen molar-refractivity contribution < 1.29 is 4.79 Å². The van der Waals surface area contributed by atoms with E-state index in [2.05, 4.69) is 60.8 Å². The summed E-state index contributed by atoms with van der Waals surface area (Å²) in [6.45, 7) is 4.37. The fourth-order valence-corrected chi connectivity index (χ4v) is 3.55. The molecule has 1 amide bonds. The molecule has 0 aliphatic carbocycles. The first-order chi connectivity index (χ1) is 15.0. The van der Waals surface area contributed by atoms with Gasteiger partial charge in [0, 0.05) is 19.3 Å². The lowest BCUT2D eigenvalue weighted by atomic mass is 9.91. The van der Waals surface area contributed by atoms with Gasteiger partial charge in [-0.15, -0.1) is 0 Å². The van der Waals surface area contributed by atoms with Gasteiger partial charge in [0.05, 0.1) is 11.8 Å². The van der Waals surface area contributed by atoms with Crippen LogP contribution < -0.4 is 11.0 Å². The van der Waals surface area contributed by atoms with Crippen molar-refractivity contribution in [2.45, 2.75) is 26.7 Å². The van der Waals surface area contributed by atoms with Crippen molar-refractivity contribution in [2.75, 3.05) is 0 Å². The van der Waals surface area contributed by atoms with Crippen molar-refractivity contribution in [2.24, 2.45) is 12.1 Å². The van der Waals surface area contributed by atoms with E-state index in [9.17, 15) is 9.59 Å². The predicted octanol–water partition coefficient (Wildman–Crippen LogP) is 4.88. The Labute approximate surface area is 182 Å². The Kier molecular flexibility index (Phi) is 7.33. The molecule has 5 nitrogen and oxygen atoms in total. The molecule has 0 atom stereocenters. The van der Waals surface area contributed by atoms with Crippen LogP contribution in [0.5, 0.6) is 0 Å². The summed E-state index contributed by atoms with van der Waals surface area (Å²) in [5, 5.41) is 4.04. The van der Waals surface area contributed by atoms with Gasteiger partial charge in [-0.05, 0) is 46.7 Å². The topological polar surface area (TPSA) is 63.5 Å². The number of rotatable bonds is 7. The van der Waals surface area contributed by atoms with Crippen molar-refractivity contribution in [3.8, 4) is 0 Å².